The Hall–Kier alpha value is -2.76. The van der Waals surface area contributed by atoms with Crippen molar-refractivity contribution in [2.24, 2.45) is 0 Å². The maximum atomic E-state index is 13.0. The van der Waals surface area contributed by atoms with Gasteiger partial charge in [-0.05, 0) is 41.5 Å². The summed E-state index contributed by atoms with van der Waals surface area (Å²) in [6.07, 6.45) is 1.60. The number of alkyl halides is 2. The van der Waals surface area contributed by atoms with Crippen molar-refractivity contribution in [2.75, 3.05) is 38.0 Å². The number of nitrogens with zero attached hydrogens (tertiary/aromatic N) is 3. The first-order valence-electron chi connectivity index (χ1n) is 10.3. The van der Waals surface area contributed by atoms with Crippen LogP contribution in [-0.4, -0.2) is 39.1 Å². The van der Waals surface area contributed by atoms with Gasteiger partial charge in [-0.1, -0.05) is 18.2 Å². The molecule has 1 aliphatic rings. The van der Waals surface area contributed by atoms with E-state index in [0.717, 1.165) is 33.6 Å². The number of carbonyl (C=O) groups is 1. The predicted molar refractivity (Wildman–Crippen MR) is 130 cm³/mol. The van der Waals surface area contributed by atoms with Crippen molar-refractivity contribution in [3.8, 4) is 0 Å². The van der Waals surface area contributed by atoms with Gasteiger partial charge in [0.2, 0.25) is 0 Å². The summed E-state index contributed by atoms with van der Waals surface area (Å²) in [5, 5.41) is 0. The third-order valence-electron chi connectivity index (χ3n) is 5.88. The number of ether oxygens (including phenoxy) is 1. The van der Waals surface area contributed by atoms with Crippen LogP contribution in [0.2, 0.25) is 0 Å². The summed E-state index contributed by atoms with van der Waals surface area (Å²) in [4.78, 5) is 21.4. The molecule has 5 nitrogen and oxygen atoms in total. The largest absolute Gasteiger partial charge is 0.439 e. The van der Waals surface area contributed by atoms with Gasteiger partial charge in [0.25, 0.3) is 0 Å². The van der Waals surface area contributed by atoms with Crippen LogP contribution in [0.1, 0.15) is 38.3 Å². The molecule has 1 aromatic heterocycles. The second kappa shape index (κ2) is 8.64. The number of aromatic nitrogens is 1. The van der Waals surface area contributed by atoms with Crippen LogP contribution in [0.5, 0.6) is 0 Å². The summed E-state index contributed by atoms with van der Waals surface area (Å²) in [5.41, 5.74) is 5.19. The van der Waals surface area contributed by atoms with Crippen molar-refractivity contribution in [1.82, 2.24) is 4.98 Å². The van der Waals surface area contributed by atoms with E-state index in [2.05, 4.69) is 4.98 Å². The van der Waals surface area contributed by atoms with Crippen LogP contribution in [-0.2, 0) is 22.1 Å². The molecule has 0 atom stereocenters. The molecule has 0 saturated heterocycles. The van der Waals surface area contributed by atoms with E-state index in [1.54, 1.807) is 6.20 Å². The normalized spacial score (nSPS) is 14.1. The zero-order valence-electron chi connectivity index (χ0n) is 18.5. The second-order valence-electron chi connectivity index (χ2n) is 8.21. The number of anilines is 2. The summed E-state index contributed by atoms with van der Waals surface area (Å²) >= 11 is 12.9. The molecular weight excluding hydrogens is 445 g/mol. The Morgan fingerprint density at radius 3 is 1.84 bits per heavy atom. The van der Waals surface area contributed by atoms with E-state index in [0.29, 0.717) is 11.3 Å². The fraction of sp³-hybridized carbons (Fsp3) is 0.280. The third-order valence-corrected chi connectivity index (χ3v) is 6.46. The summed E-state index contributed by atoms with van der Waals surface area (Å²) in [5.74, 6) is 0.0607. The monoisotopic (exact) mass is 469 g/mol. The van der Waals surface area contributed by atoms with E-state index in [9.17, 15) is 4.79 Å². The highest BCUT2D eigenvalue weighted by Gasteiger charge is 2.51. The average molecular weight is 470 g/mol. The molecule has 166 valence electrons. The smallest absolute Gasteiger partial charge is 0.358 e. The summed E-state index contributed by atoms with van der Waals surface area (Å²) in [6, 6.07) is 15.7. The van der Waals surface area contributed by atoms with Gasteiger partial charge in [0.1, 0.15) is 0 Å². The van der Waals surface area contributed by atoms with Gasteiger partial charge in [-0.3, -0.25) is 0 Å². The SMILES string of the molecule is CN(C)c1ccc(C2(c3ccc(N(C)C)cc3CCl)OC(=O)c3ncccc32)c(CCl)c1. The van der Waals surface area contributed by atoms with Crippen LogP contribution in [0.4, 0.5) is 11.4 Å². The van der Waals surface area contributed by atoms with Crippen LogP contribution in [0, 0.1) is 0 Å². The molecule has 0 fully saturated rings. The van der Waals surface area contributed by atoms with Gasteiger partial charge in [-0.2, -0.15) is 0 Å². The molecule has 0 radical (unpaired) electrons. The first kappa shape index (κ1) is 22.4. The molecule has 1 aliphatic heterocycles. The highest BCUT2D eigenvalue weighted by Crippen LogP contribution is 2.49. The van der Waals surface area contributed by atoms with Gasteiger partial charge < -0.3 is 14.5 Å². The molecule has 0 N–H and O–H groups in total. The minimum atomic E-state index is -1.19. The Morgan fingerprint density at radius 2 is 1.38 bits per heavy atom. The molecule has 3 aromatic rings. The Labute approximate surface area is 198 Å². The molecule has 7 heteroatoms. The van der Waals surface area contributed by atoms with E-state index in [1.807, 2.05) is 86.5 Å². The van der Waals surface area contributed by atoms with Crippen LogP contribution >= 0.6 is 23.2 Å². The summed E-state index contributed by atoms with van der Waals surface area (Å²) < 4.78 is 6.23. The van der Waals surface area contributed by atoms with Gasteiger partial charge in [0.05, 0.1) is 0 Å². The van der Waals surface area contributed by atoms with E-state index >= 15 is 0 Å². The van der Waals surface area contributed by atoms with Gasteiger partial charge in [-0.15, -0.1) is 23.2 Å². The number of fused-ring (bicyclic) bond motifs is 1. The van der Waals surface area contributed by atoms with E-state index in [-0.39, 0.29) is 11.8 Å². The van der Waals surface area contributed by atoms with Crippen molar-refractivity contribution in [1.29, 1.82) is 0 Å². The lowest BCUT2D eigenvalue weighted by molar-refractivity contribution is 0.0245. The lowest BCUT2D eigenvalue weighted by Crippen LogP contribution is -2.32. The second-order valence-corrected chi connectivity index (χ2v) is 8.74. The highest BCUT2D eigenvalue weighted by atomic mass is 35.5. The maximum Gasteiger partial charge on any atom is 0.358 e. The van der Waals surface area contributed by atoms with Crippen molar-refractivity contribution in [3.63, 3.8) is 0 Å². The number of halogens is 2. The standard InChI is InChI=1S/C25H25Cl2N3O2/c1-29(2)18-7-9-20(16(12-18)14-26)25(22-6-5-11-28-23(22)24(31)32-25)21-10-8-19(30(3)4)13-17(21)15-27/h5-13H,14-15H2,1-4H3. The lowest BCUT2D eigenvalue weighted by Gasteiger charge is -2.34. The van der Waals surface area contributed by atoms with Crippen LogP contribution < -0.4 is 9.80 Å². The molecule has 0 saturated carbocycles. The Bertz CT molecular complexity index is 1120. The number of rotatable bonds is 6. The lowest BCUT2D eigenvalue weighted by atomic mass is 9.77. The molecule has 0 spiro atoms. The fourth-order valence-corrected chi connectivity index (χ4v) is 4.71. The van der Waals surface area contributed by atoms with Gasteiger partial charge >= 0.3 is 5.97 Å². The van der Waals surface area contributed by atoms with E-state index in [1.165, 1.54) is 0 Å². The third kappa shape index (κ3) is 3.50. The first-order valence-corrected chi connectivity index (χ1v) is 11.3. The number of hydrogen-bond acceptors (Lipinski definition) is 5. The molecule has 2 heterocycles. The van der Waals surface area contributed by atoms with Crippen molar-refractivity contribution in [2.45, 2.75) is 17.4 Å². The summed E-state index contributed by atoms with van der Waals surface area (Å²) in [6.45, 7) is 0. The zero-order valence-corrected chi connectivity index (χ0v) is 20.0. The van der Waals surface area contributed by atoms with E-state index in [4.69, 9.17) is 27.9 Å². The minimum absolute atomic E-state index is 0.262. The maximum absolute atomic E-state index is 13.0. The highest BCUT2D eigenvalue weighted by molar-refractivity contribution is 6.17. The number of carbonyl (C=O) groups excluding carboxylic acids is 1. The van der Waals surface area contributed by atoms with Crippen LogP contribution in [0.15, 0.2) is 54.7 Å². The number of hydrogen-bond donors (Lipinski definition) is 0. The molecule has 0 amide bonds. The Balaban J connectivity index is 2.08. The number of benzene rings is 2. The minimum Gasteiger partial charge on any atom is -0.439 e. The molecule has 2 aromatic carbocycles. The van der Waals surface area contributed by atoms with Crippen LogP contribution in [0.3, 0.4) is 0 Å². The number of pyridine rings is 1. The molecule has 0 aliphatic carbocycles. The van der Waals surface area contributed by atoms with Crippen molar-refractivity contribution < 1.29 is 9.53 Å². The van der Waals surface area contributed by atoms with Gasteiger partial charge in [0.15, 0.2) is 11.3 Å². The molecular formula is C25H25Cl2N3O2. The summed E-state index contributed by atoms with van der Waals surface area (Å²) in [7, 11) is 7.90. The average Bonchev–Trinajstić information content (AvgIpc) is 3.11. The topological polar surface area (TPSA) is 45.7 Å². The fourth-order valence-electron chi connectivity index (χ4n) is 4.26. The Morgan fingerprint density at radius 1 is 0.844 bits per heavy atom. The van der Waals surface area contributed by atoms with Crippen LogP contribution in [0.25, 0.3) is 0 Å². The quantitative estimate of drug-likeness (QED) is 0.368. The first-order chi connectivity index (χ1) is 15.3. The van der Waals surface area contributed by atoms with Gasteiger partial charge in [-0.25, -0.2) is 9.78 Å². The number of cyclic esters (lactones) is 1. The zero-order chi connectivity index (χ0) is 23.0. The molecule has 32 heavy (non-hydrogen) atoms. The molecule has 0 bridgehead atoms. The molecule has 0 unspecified atom stereocenters. The van der Waals surface area contributed by atoms with Crippen molar-refractivity contribution in [3.05, 3.63) is 88.2 Å². The van der Waals surface area contributed by atoms with E-state index < -0.39 is 11.6 Å². The van der Waals surface area contributed by atoms with Gasteiger partial charge in [0, 0.05) is 74.2 Å². The Kier molecular flexibility index (Phi) is 6.06. The number of esters is 1. The predicted octanol–water partition coefficient (Wildman–Crippen LogP) is 5.15. The van der Waals surface area contributed by atoms with Crippen molar-refractivity contribution >= 4 is 40.5 Å². The molecule has 4 rings (SSSR count).